The van der Waals surface area contributed by atoms with Crippen molar-refractivity contribution in [3.05, 3.63) is 46.8 Å². The van der Waals surface area contributed by atoms with E-state index < -0.39 is 0 Å². The summed E-state index contributed by atoms with van der Waals surface area (Å²) in [6.07, 6.45) is 3.22. The van der Waals surface area contributed by atoms with E-state index >= 15 is 0 Å². The molecule has 2 N–H and O–H groups in total. The van der Waals surface area contributed by atoms with Gasteiger partial charge < -0.3 is 10.3 Å². The van der Waals surface area contributed by atoms with Crippen molar-refractivity contribution in [1.29, 1.82) is 0 Å². The predicted octanol–water partition coefficient (Wildman–Crippen LogP) is 1.70. The summed E-state index contributed by atoms with van der Waals surface area (Å²) in [5.41, 5.74) is 2.06. The van der Waals surface area contributed by atoms with Crippen molar-refractivity contribution in [3.8, 4) is 0 Å². The number of H-pyrrole nitrogens is 1. The van der Waals surface area contributed by atoms with Crippen LogP contribution in [-0.4, -0.2) is 20.9 Å². The maximum absolute atomic E-state index is 11.8. The van der Waals surface area contributed by atoms with Crippen LogP contribution in [0.1, 0.15) is 21.7 Å². The number of rotatable bonds is 3. The van der Waals surface area contributed by atoms with E-state index in [4.69, 9.17) is 11.6 Å². The number of halogens is 1. The molecule has 17 heavy (non-hydrogen) atoms. The summed E-state index contributed by atoms with van der Waals surface area (Å²) in [5.74, 6) is -0.188. The molecule has 88 valence electrons. The Bertz CT molecular complexity index is 504. The minimum atomic E-state index is -0.188. The first-order valence-electron chi connectivity index (χ1n) is 5.05. The maximum atomic E-state index is 11.8. The lowest BCUT2D eigenvalue weighted by Crippen LogP contribution is -2.23. The summed E-state index contributed by atoms with van der Waals surface area (Å²) in [6, 6.07) is 3.23. The summed E-state index contributed by atoms with van der Waals surface area (Å²) in [5, 5.41) is 3.08. The van der Waals surface area contributed by atoms with Crippen LogP contribution in [0.15, 0.2) is 24.7 Å². The number of hydrogen-bond donors (Lipinski definition) is 2. The molecule has 2 aromatic rings. The largest absolute Gasteiger partial charge is 0.347 e. The van der Waals surface area contributed by atoms with Crippen molar-refractivity contribution in [2.45, 2.75) is 13.5 Å². The lowest BCUT2D eigenvalue weighted by atomic mass is 10.2. The molecule has 0 radical (unpaired) electrons. The number of aromatic nitrogens is 3. The number of carbonyl (C=O) groups excluding carboxylic acids is 1. The van der Waals surface area contributed by atoms with Gasteiger partial charge in [0, 0.05) is 17.5 Å². The molecule has 0 aromatic carbocycles. The van der Waals surface area contributed by atoms with Crippen molar-refractivity contribution in [2.24, 2.45) is 0 Å². The highest BCUT2D eigenvalue weighted by Crippen LogP contribution is 2.10. The molecule has 0 unspecified atom stereocenters. The second-order valence-electron chi connectivity index (χ2n) is 3.58. The molecule has 0 aliphatic carbocycles. The summed E-state index contributed by atoms with van der Waals surface area (Å²) in [4.78, 5) is 22.6. The van der Waals surface area contributed by atoms with Gasteiger partial charge in [0.05, 0.1) is 18.6 Å². The van der Waals surface area contributed by atoms with Crippen LogP contribution in [0.3, 0.4) is 0 Å². The number of imidazole rings is 1. The summed E-state index contributed by atoms with van der Waals surface area (Å²) in [6.45, 7) is 2.19. The molecule has 0 saturated heterocycles. The topological polar surface area (TPSA) is 70.7 Å². The van der Waals surface area contributed by atoms with Crippen molar-refractivity contribution in [2.75, 3.05) is 0 Å². The fourth-order valence-corrected chi connectivity index (χ4v) is 1.67. The molecule has 0 atom stereocenters. The fraction of sp³-hybridized carbons (Fsp3) is 0.182. The van der Waals surface area contributed by atoms with Crippen molar-refractivity contribution >= 4 is 17.5 Å². The van der Waals surface area contributed by atoms with E-state index in [1.54, 1.807) is 25.5 Å². The highest BCUT2D eigenvalue weighted by molar-refractivity contribution is 6.29. The molecule has 5 nitrogen and oxygen atoms in total. The minimum Gasteiger partial charge on any atom is -0.347 e. The molecule has 2 aromatic heterocycles. The summed E-state index contributed by atoms with van der Waals surface area (Å²) >= 11 is 5.79. The highest BCUT2D eigenvalue weighted by atomic mass is 35.5. The molecule has 1 amide bonds. The van der Waals surface area contributed by atoms with Gasteiger partial charge in [-0.15, -0.1) is 0 Å². The van der Waals surface area contributed by atoms with Gasteiger partial charge in [-0.25, -0.2) is 9.97 Å². The van der Waals surface area contributed by atoms with Gasteiger partial charge in [-0.05, 0) is 19.1 Å². The molecule has 2 heterocycles. The van der Waals surface area contributed by atoms with Crippen LogP contribution in [-0.2, 0) is 6.54 Å². The van der Waals surface area contributed by atoms with E-state index in [0.717, 1.165) is 5.69 Å². The summed E-state index contributed by atoms with van der Waals surface area (Å²) in [7, 11) is 0. The maximum Gasteiger partial charge on any atom is 0.251 e. The molecule has 0 aliphatic heterocycles. The number of aryl methyl sites for hydroxylation is 1. The third kappa shape index (κ3) is 3.04. The predicted molar refractivity (Wildman–Crippen MR) is 63.7 cm³/mol. The van der Waals surface area contributed by atoms with E-state index in [2.05, 4.69) is 20.3 Å². The number of nitrogens with one attached hydrogen (secondary N) is 2. The molecule has 0 spiro atoms. The van der Waals surface area contributed by atoms with Crippen LogP contribution in [0.25, 0.3) is 0 Å². The Labute approximate surface area is 103 Å². The second kappa shape index (κ2) is 4.97. The molecule has 0 bridgehead atoms. The van der Waals surface area contributed by atoms with E-state index in [1.807, 2.05) is 0 Å². The lowest BCUT2D eigenvalue weighted by Gasteiger charge is -2.04. The number of hydrogen-bond acceptors (Lipinski definition) is 3. The van der Waals surface area contributed by atoms with Crippen LogP contribution < -0.4 is 5.32 Å². The minimum absolute atomic E-state index is 0.188. The smallest absolute Gasteiger partial charge is 0.251 e. The zero-order valence-electron chi connectivity index (χ0n) is 9.20. The van der Waals surface area contributed by atoms with Gasteiger partial charge in [0.2, 0.25) is 0 Å². The van der Waals surface area contributed by atoms with Crippen LogP contribution in [0.4, 0.5) is 0 Å². The van der Waals surface area contributed by atoms with Crippen LogP contribution in [0.5, 0.6) is 0 Å². The summed E-state index contributed by atoms with van der Waals surface area (Å²) < 4.78 is 0. The van der Waals surface area contributed by atoms with Crippen LogP contribution in [0, 0.1) is 6.92 Å². The third-order valence-corrected chi connectivity index (χ3v) is 2.37. The molecule has 0 saturated carbocycles. The van der Waals surface area contributed by atoms with Crippen LogP contribution in [0.2, 0.25) is 5.15 Å². The number of carbonyl (C=O) groups is 1. The van der Waals surface area contributed by atoms with Gasteiger partial charge in [0.25, 0.3) is 5.91 Å². The van der Waals surface area contributed by atoms with Gasteiger partial charge in [0.15, 0.2) is 0 Å². The highest BCUT2D eigenvalue weighted by Gasteiger charge is 2.07. The van der Waals surface area contributed by atoms with Gasteiger partial charge in [-0.2, -0.15) is 0 Å². The quantitative estimate of drug-likeness (QED) is 0.815. The van der Waals surface area contributed by atoms with Gasteiger partial charge in [-0.3, -0.25) is 4.79 Å². The number of nitrogens with zero attached hydrogens (tertiary/aromatic N) is 2. The number of aromatic amines is 1. The Morgan fingerprint density at radius 1 is 1.53 bits per heavy atom. The monoisotopic (exact) mass is 250 g/mol. The second-order valence-corrected chi connectivity index (χ2v) is 3.97. The Morgan fingerprint density at radius 3 is 3.00 bits per heavy atom. The number of amides is 1. The van der Waals surface area contributed by atoms with E-state index in [-0.39, 0.29) is 5.91 Å². The Kier molecular flexibility index (Phi) is 3.39. The average Bonchev–Trinajstić information content (AvgIpc) is 2.77. The Hall–Kier alpha value is -1.88. The molecule has 6 heteroatoms. The zero-order valence-corrected chi connectivity index (χ0v) is 9.95. The van der Waals surface area contributed by atoms with E-state index in [1.165, 1.54) is 6.07 Å². The number of pyridine rings is 1. The first kappa shape index (κ1) is 11.6. The molecule has 0 fully saturated rings. The first-order valence-corrected chi connectivity index (χ1v) is 5.42. The fourth-order valence-electron chi connectivity index (χ4n) is 1.42. The van der Waals surface area contributed by atoms with Crippen molar-refractivity contribution in [3.63, 3.8) is 0 Å². The van der Waals surface area contributed by atoms with Crippen molar-refractivity contribution in [1.82, 2.24) is 20.3 Å². The molecular weight excluding hydrogens is 240 g/mol. The molecular formula is C11H11ClN4O. The van der Waals surface area contributed by atoms with Gasteiger partial charge in [-0.1, -0.05) is 11.6 Å². The average molecular weight is 251 g/mol. The molecule has 2 rings (SSSR count). The standard InChI is InChI=1S/C11H11ClN4O/c1-7-2-8(3-10(12)16-7)11(17)14-5-9-4-13-6-15-9/h2-4,6H,5H2,1H3,(H,13,15)(H,14,17). The SMILES string of the molecule is Cc1cc(C(=O)NCc2cnc[nH]2)cc(Cl)n1. The Balaban J connectivity index is 2.04. The third-order valence-electron chi connectivity index (χ3n) is 2.18. The normalized spacial score (nSPS) is 10.2. The zero-order chi connectivity index (χ0) is 12.3. The van der Waals surface area contributed by atoms with Crippen molar-refractivity contribution < 1.29 is 4.79 Å². The van der Waals surface area contributed by atoms with Crippen LogP contribution >= 0.6 is 11.6 Å². The lowest BCUT2D eigenvalue weighted by molar-refractivity contribution is 0.0950. The Morgan fingerprint density at radius 2 is 2.35 bits per heavy atom. The molecule has 0 aliphatic rings. The van der Waals surface area contributed by atoms with E-state index in [9.17, 15) is 4.79 Å². The van der Waals surface area contributed by atoms with Gasteiger partial charge >= 0.3 is 0 Å². The first-order chi connectivity index (χ1) is 8.15. The van der Waals surface area contributed by atoms with Gasteiger partial charge in [0.1, 0.15) is 5.15 Å². The van der Waals surface area contributed by atoms with E-state index in [0.29, 0.717) is 23.0 Å².